The Morgan fingerprint density at radius 1 is 1.80 bits per heavy atom. The summed E-state index contributed by atoms with van der Waals surface area (Å²) >= 11 is 0. The Labute approximate surface area is 61.9 Å². The molecule has 1 rings (SSSR count). The molecule has 2 N–H and O–H groups in total. The maximum Gasteiger partial charge on any atom is 0.0785 e. The Balaban J connectivity index is 2.39. The van der Waals surface area contributed by atoms with Crippen LogP contribution < -0.4 is 5.32 Å². The van der Waals surface area contributed by atoms with Crippen LogP contribution in [0, 0.1) is 5.92 Å². The van der Waals surface area contributed by atoms with Gasteiger partial charge < -0.3 is 10.4 Å². The third-order valence-corrected chi connectivity index (χ3v) is 2.05. The van der Waals surface area contributed by atoms with Crippen molar-refractivity contribution in [1.29, 1.82) is 0 Å². The smallest absolute Gasteiger partial charge is 0.0785 e. The highest BCUT2D eigenvalue weighted by Gasteiger charge is 2.22. The van der Waals surface area contributed by atoms with Crippen molar-refractivity contribution in [3.63, 3.8) is 0 Å². The van der Waals surface area contributed by atoms with Crippen molar-refractivity contribution in [3.8, 4) is 0 Å². The zero-order valence-electron chi connectivity index (χ0n) is 6.43. The van der Waals surface area contributed by atoms with E-state index in [0.29, 0.717) is 5.92 Å². The van der Waals surface area contributed by atoms with Crippen LogP contribution in [-0.4, -0.2) is 24.3 Å². The third kappa shape index (κ3) is 1.58. The lowest BCUT2D eigenvalue weighted by atomic mass is 9.97. The van der Waals surface area contributed by atoms with E-state index < -0.39 is 0 Å². The Bertz CT molecular complexity index is 127. The van der Waals surface area contributed by atoms with Gasteiger partial charge in [0, 0.05) is 12.5 Å². The van der Waals surface area contributed by atoms with Gasteiger partial charge in [-0.25, -0.2) is 0 Å². The highest BCUT2D eigenvalue weighted by molar-refractivity contribution is 5.01. The quantitative estimate of drug-likeness (QED) is 0.550. The van der Waals surface area contributed by atoms with Crippen LogP contribution in [0.15, 0.2) is 12.2 Å². The second-order valence-electron chi connectivity index (χ2n) is 3.04. The van der Waals surface area contributed by atoms with Crippen LogP contribution in [0.3, 0.4) is 0 Å². The zero-order valence-corrected chi connectivity index (χ0v) is 6.43. The Hall–Kier alpha value is -0.340. The Morgan fingerprint density at radius 3 is 2.90 bits per heavy atom. The molecule has 1 heterocycles. The first-order valence-corrected chi connectivity index (χ1v) is 3.76. The molecule has 2 nitrogen and oxygen atoms in total. The standard InChI is InChI=1S/C8H15NO/c1-6(2)8(10)7-3-4-9-5-7/h7-10H,1,3-5H2,2H3/t7-,8?/m1/s1. The molecule has 0 aromatic rings. The maximum absolute atomic E-state index is 9.49. The zero-order chi connectivity index (χ0) is 7.56. The van der Waals surface area contributed by atoms with Gasteiger partial charge in [0.15, 0.2) is 0 Å². The summed E-state index contributed by atoms with van der Waals surface area (Å²) in [4.78, 5) is 0. The highest BCUT2D eigenvalue weighted by atomic mass is 16.3. The number of hydrogen-bond donors (Lipinski definition) is 2. The molecule has 0 saturated carbocycles. The minimum atomic E-state index is -0.296. The first-order chi connectivity index (χ1) is 4.72. The van der Waals surface area contributed by atoms with Crippen molar-refractivity contribution in [2.45, 2.75) is 19.4 Å². The number of nitrogens with one attached hydrogen (secondary N) is 1. The lowest BCUT2D eigenvalue weighted by Gasteiger charge is -2.16. The molecular formula is C8H15NO. The summed E-state index contributed by atoms with van der Waals surface area (Å²) in [6, 6.07) is 0. The molecule has 0 amide bonds. The second kappa shape index (κ2) is 3.17. The number of hydrogen-bond acceptors (Lipinski definition) is 2. The molecule has 0 aliphatic carbocycles. The molecule has 2 atom stereocenters. The largest absolute Gasteiger partial charge is 0.388 e. The van der Waals surface area contributed by atoms with Crippen molar-refractivity contribution in [2.75, 3.05) is 13.1 Å². The fourth-order valence-electron chi connectivity index (χ4n) is 1.35. The molecule has 1 fully saturated rings. The Morgan fingerprint density at radius 2 is 2.50 bits per heavy atom. The SMILES string of the molecule is C=C(C)C(O)[C@@H]1CCNC1. The van der Waals surface area contributed by atoms with E-state index in [0.717, 1.165) is 25.1 Å². The van der Waals surface area contributed by atoms with Gasteiger partial charge >= 0.3 is 0 Å². The summed E-state index contributed by atoms with van der Waals surface area (Å²) < 4.78 is 0. The molecule has 0 radical (unpaired) electrons. The fraction of sp³-hybridized carbons (Fsp3) is 0.750. The molecule has 10 heavy (non-hydrogen) atoms. The van der Waals surface area contributed by atoms with E-state index in [1.165, 1.54) is 0 Å². The van der Waals surface area contributed by atoms with Gasteiger partial charge in [-0.15, -0.1) is 0 Å². The first-order valence-electron chi connectivity index (χ1n) is 3.76. The summed E-state index contributed by atoms with van der Waals surface area (Å²) in [5.74, 6) is 0.400. The van der Waals surface area contributed by atoms with Gasteiger partial charge in [-0.2, -0.15) is 0 Å². The van der Waals surface area contributed by atoms with Gasteiger partial charge in [-0.1, -0.05) is 12.2 Å². The van der Waals surface area contributed by atoms with E-state index in [4.69, 9.17) is 0 Å². The molecule has 1 unspecified atom stereocenters. The molecule has 1 saturated heterocycles. The van der Waals surface area contributed by atoms with Crippen LogP contribution in [0.2, 0.25) is 0 Å². The molecule has 2 heteroatoms. The van der Waals surface area contributed by atoms with E-state index in [2.05, 4.69) is 11.9 Å². The van der Waals surface area contributed by atoms with Gasteiger partial charge in [0.25, 0.3) is 0 Å². The van der Waals surface area contributed by atoms with E-state index in [-0.39, 0.29) is 6.10 Å². The van der Waals surface area contributed by atoms with Crippen LogP contribution >= 0.6 is 0 Å². The monoisotopic (exact) mass is 141 g/mol. The molecule has 1 aliphatic rings. The van der Waals surface area contributed by atoms with Gasteiger partial charge in [-0.3, -0.25) is 0 Å². The number of rotatable bonds is 2. The summed E-state index contributed by atoms with van der Waals surface area (Å²) in [6.07, 6.45) is 0.781. The molecule has 0 bridgehead atoms. The van der Waals surface area contributed by atoms with Crippen LogP contribution in [0.4, 0.5) is 0 Å². The second-order valence-corrected chi connectivity index (χ2v) is 3.04. The van der Waals surface area contributed by atoms with Crippen molar-refractivity contribution in [3.05, 3.63) is 12.2 Å². The van der Waals surface area contributed by atoms with Crippen molar-refractivity contribution in [2.24, 2.45) is 5.92 Å². The molecule has 0 spiro atoms. The van der Waals surface area contributed by atoms with E-state index >= 15 is 0 Å². The molecule has 0 aromatic heterocycles. The average molecular weight is 141 g/mol. The molecule has 1 aliphatic heterocycles. The Kier molecular flexibility index (Phi) is 2.46. The minimum absolute atomic E-state index is 0.296. The predicted octanol–water partition coefficient (Wildman–Crippen LogP) is 0.533. The van der Waals surface area contributed by atoms with Gasteiger partial charge in [0.2, 0.25) is 0 Å². The van der Waals surface area contributed by atoms with Crippen LogP contribution in [-0.2, 0) is 0 Å². The summed E-state index contributed by atoms with van der Waals surface area (Å²) in [5.41, 5.74) is 0.883. The fourth-order valence-corrected chi connectivity index (χ4v) is 1.35. The molecule has 0 aromatic carbocycles. The van der Waals surface area contributed by atoms with Gasteiger partial charge in [-0.05, 0) is 19.9 Å². The van der Waals surface area contributed by atoms with E-state index in [9.17, 15) is 5.11 Å². The van der Waals surface area contributed by atoms with Crippen molar-refractivity contribution in [1.82, 2.24) is 5.32 Å². The predicted molar refractivity (Wildman–Crippen MR) is 41.8 cm³/mol. The van der Waals surface area contributed by atoms with Crippen LogP contribution in [0.5, 0.6) is 0 Å². The normalized spacial score (nSPS) is 28.4. The van der Waals surface area contributed by atoms with Gasteiger partial charge in [0.05, 0.1) is 6.10 Å². The van der Waals surface area contributed by atoms with Gasteiger partial charge in [0.1, 0.15) is 0 Å². The lowest BCUT2D eigenvalue weighted by Crippen LogP contribution is -2.23. The third-order valence-electron chi connectivity index (χ3n) is 2.05. The summed E-state index contributed by atoms with van der Waals surface area (Å²) in [6.45, 7) is 7.58. The molecule has 58 valence electrons. The minimum Gasteiger partial charge on any atom is -0.388 e. The highest BCUT2D eigenvalue weighted by Crippen LogP contribution is 2.16. The van der Waals surface area contributed by atoms with E-state index in [1.807, 2.05) is 6.92 Å². The van der Waals surface area contributed by atoms with Crippen molar-refractivity contribution >= 4 is 0 Å². The summed E-state index contributed by atoms with van der Waals surface area (Å²) in [5, 5.41) is 12.7. The van der Waals surface area contributed by atoms with Crippen LogP contribution in [0.25, 0.3) is 0 Å². The summed E-state index contributed by atoms with van der Waals surface area (Å²) in [7, 11) is 0. The number of aliphatic hydroxyl groups is 1. The van der Waals surface area contributed by atoms with Crippen molar-refractivity contribution < 1.29 is 5.11 Å². The maximum atomic E-state index is 9.49. The number of aliphatic hydroxyl groups excluding tert-OH is 1. The van der Waals surface area contributed by atoms with E-state index in [1.54, 1.807) is 0 Å². The first kappa shape index (κ1) is 7.76. The average Bonchev–Trinajstić information content (AvgIpc) is 2.36. The molecular weight excluding hydrogens is 126 g/mol. The topological polar surface area (TPSA) is 32.3 Å². The lowest BCUT2D eigenvalue weighted by molar-refractivity contribution is 0.152. The van der Waals surface area contributed by atoms with Crippen LogP contribution in [0.1, 0.15) is 13.3 Å².